The molecule has 128 valence electrons. The molecule has 1 unspecified atom stereocenters. The Hall–Kier alpha value is -1.77. The van der Waals surface area contributed by atoms with Gasteiger partial charge in [-0.2, -0.15) is 0 Å². The number of carbonyl (C=O) groups excluding carboxylic acids is 1. The van der Waals surface area contributed by atoms with Crippen LogP contribution >= 0.6 is 0 Å². The molecule has 1 aromatic rings. The molecular weight excluding hydrogens is 308 g/mol. The van der Waals surface area contributed by atoms with Gasteiger partial charge in [-0.25, -0.2) is 13.6 Å². The van der Waals surface area contributed by atoms with E-state index in [1.54, 1.807) is 0 Å². The van der Waals surface area contributed by atoms with Crippen LogP contribution in [0.2, 0.25) is 0 Å². The summed E-state index contributed by atoms with van der Waals surface area (Å²) in [6.07, 6.45) is 1.56. The topological polar surface area (TPSA) is 81.1 Å². The first kappa shape index (κ1) is 16.1. The number of halogens is 2. The fourth-order valence-electron chi connectivity index (χ4n) is 3.06. The Balaban J connectivity index is 1.47. The van der Waals surface area contributed by atoms with Gasteiger partial charge in [0.05, 0.1) is 19.8 Å². The third-order valence-electron chi connectivity index (χ3n) is 4.41. The van der Waals surface area contributed by atoms with E-state index in [2.05, 4.69) is 20.8 Å². The molecule has 9 heteroatoms. The Labute approximate surface area is 132 Å². The van der Waals surface area contributed by atoms with Gasteiger partial charge in [-0.05, 0) is 12.8 Å². The predicted molar refractivity (Wildman–Crippen MR) is 77.1 cm³/mol. The lowest BCUT2D eigenvalue weighted by molar-refractivity contribution is -0.0349. The van der Waals surface area contributed by atoms with Crippen LogP contribution in [0.15, 0.2) is 0 Å². The van der Waals surface area contributed by atoms with Gasteiger partial charge in [-0.1, -0.05) is 0 Å². The number of carbonyl (C=O) groups is 1. The average molecular weight is 329 g/mol. The first-order valence-corrected chi connectivity index (χ1v) is 7.94. The molecule has 2 aliphatic rings. The molecule has 2 amide bonds. The van der Waals surface area contributed by atoms with E-state index >= 15 is 0 Å². The van der Waals surface area contributed by atoms with Crippen molar-refractivity contribution in [2.24, 2.45) is 5.92 Å². The second-order valence-electron chi connectivity index (χ2n) is 5.96. The number of rotatable bonds is 4. The second-order valence-corrected chi connectivity index (χ2v) is 5.96. The van der Waals surface area contributed by atoms with E-state index in [-0.39, 0.29) is 19.5 Å². The molecule has 1 aromatic heterocycles. The number of urea groups is 1. The minimum Gasteiger partial charge on any atom is -0.379 e. The molecule has 2 heterocycles. The Bertz CT molecular complexity index is 563. The minimum absolute atomic E-state index is 0.00931. The second kappa shape index (κ2) is 6.77. The van der Waals surface area contributed by atoms with E-state index in [0.29, 0.717) is 44.8 Å². The van der Waals surface area contributed by atoms with Crippen molar-refractivity contribution in [3.05, 3.63) is 11.6 Å². The van der Waals surface area contributed by atoms with Crippen molar-refractivity contribution in [2.45, 2.75) is 44.7 Å². The highest BCUT2D eigenvalue weighted by atomic mass is 19.3. The Morgan fingerprint density at radius 3 is 3.00 bits per heavy atom. The van der Waals surface area contributed by atoms with Crippen molar-refractivity contribution in [3.8, 4) is 0 Å². The van der Waals surface area contributed by atoms with E-state index in [1.165, 1.54) is 0 Å². The first-order chi connectivity index (χ1) is 11.1. The number of aromatic nitrogens is 3. The molecule has 0 bridgehead atoms. The molecule has 2 N–H and O–H groups in total. The van der Waals surface area contributed by atoms with Crippen molar-refractivity contribution < 1.29 is 18.3 Å². The van der Waals surface area contributed by atoms with Crippen molar-refractivity contribution in [3.63, 3.8) is 0 Å². The smallest absolute Gasteiger partial charge is 0.315 e. The SMILES string of the molecule is O=C(NCc1nnc2n1CCOCC2)NCC1CCCC1(F)F. The molecule has 3 rings (SSSR count). The Morgan fingerprint density at radius 2 is 2.22 bits per heavy atom. The first-order valence-electron chi connectivity index (χ1n) is 7.94. The maximum atomic E-state index is 13.5. The standard InChI is InChI=1S/C14H21F2N5O2/c15-14(16)4-1-2-10(14)8-17-13(22)18-9-12-20-19-11-3-6-23-7-5-21(11)12/h10H,1-9H2,(H2,17,18,22). The number of alkyl halides is 2. The fourth-order valence-corrected chi connectivity index (χ4v) is 3.06. The lowest BCUT2D eigenvalue weighted by atomic mass is 10.1. The van der Waals surface area contributed by atoms with E-state index in [0.717, 1.165) is 5.82 Å². The third kappa shape index (κ3) is 3.77. The van der Waals surface area contributed by atoms with Crippen LogP contribution in [-0.2, 0) is 24.2 Å². The lowest BCUT2D eigenvalue weighted by Crippen LogP contribution is -2.41. The summed E-state index contributed by atoms with van der Waals surface area (Å²) < 4.78 is 34.3. The van der Waals surface area contributed by atoms with Gasteiger partial charge in [0.1, 0.15) is 5.82 Å². The fraction of sp³-hybridized carbons (Fsp3) is 0.786. The molecule has 7 nitrogen and oxygen atoms in total. The van der Waals surface area contributed by atoms with E-state index in [1.807, 2.05) is 4.57 Å². The van der Waals surface area contributed by atoms with Crippen LogP contribution in [0.5, 0.6) is 0 Å². The normalized spacial score (nSPS) is 23.1. The van der Waals surface area contributed by atoms with E-state index in [9.17, 15) is 13.6 Å². The molecule has 23 heavy (non-hydrogen) atoms. The molecule has 1 fully saturated rings. The number of ether oxygens (including phenoxy) is 1. The van der Waals surface area contributed by atoms with Gasteiger partial charge >= 0.3 is 6.03 Å². The van der Waals surface area contributed by atoms with Gasteiger partial charge < -0.3 is 19.9 Å². The number of hydrogen-bond donors (Lipinski definition) is 2. The molecule has 1 aliphatic carbocycles. The number of hydrogen-bond acceptors (Lipinski definition) is 4. The summed E-state index contributed by atoms with van der Waals surface area (Å²) in [6, 6.07) is -0.463. The molecular formula is C14H21F2N5O2. The number of nitrogens with zero attached hydrogens (tertiary/aromatic N) is 3. The van der Waals surface area contributed by atoms with Crippen molar-refractivity contribution in [2.75, 3.05) is 19.8 Å². The van der Waals surface area contributed by atoms with Gasteiger partial charge in [0.15, 0.2) is 5.82 Å². The largest absolute Gasteiger partial charge is 0.379 e. The molecule has 0 saturated heterocycles. The predicted octanol–water partition coefficient (Wildman–Crippen LogP) is 1.09. The van der Waals surface area contributed by atoms with Crippen LogP contribution < -0.4 is 10.6 Å². The van der Waals surface area contributed by atoms with Crippen LogP contribution in [0.3, 0.4) is 0 Å². The molecule has 0 spiro atoms. The van der Waals surface area contributed by atoms with E-state index < -0.39 is 17.9 Å². The summed E-state index contributed by atoms with van der Waals surface area (Å²) in [5.41, 5.74) is 0. The van der Waals surface area contributed by atoms with Gasteiger partial charge in [-0.3, -0.25) is 0 Å². The average Bonchev–Trinajstić information content (AvgIpc) is 2.96. The van der Waals surface area contributed by atoms with Crippen LogP contribution in [0.1, 0.15) is 30.9 Å². The van der Waals surface area contributed by atoms with Crippen molar-refractivity contribution in [1.29, 1.82) is 0 Å². The molecule has 1 atom stereocenters. The minimum atomic E-state index is -2.67. The van der Waals surface area contributed by atoms with Gasteiger partial charge in [0.2, 0.25) is 0 Å². The summed E-state index contributed by atoms with van der Waals surface area (Å²) in [6.45, 7) is 2.04. The molecule has 0 radical (unpaired) electrons. The van der Waals surface area contributed by atoms with Gasteiger partial charge in [0, 0.05) is 31.8 Å². The van der Waals surface area contributed by atoms with Gasteiger partial charge in [-0.15, -0.1) is 10.2 Å². The monoisotopic (exact) mass is 329 g/mol. The number of amides is 2. The lowest BCUT2D eigenvalue weighted by Gasteiger charge is -2.19. The van der Waals surface area contributed by atoms with Crippen LogP contribution in [-0.4, -0.2) is 46.5 Å². The highest BCUT2D eigenvalue weighted by Crippen LogP contribution is 2.39. The summed E-state index contributed by atoms with van der Waals surface area (Å²) in [5.74, 6) is -1.95. The molecule has 0 aromatic carbocycles. The number of nitrogens with one attached hydrogen (secondary N) is 2. The maximum absolute atomic E-state index is 13.5. The Morgan fingerprint density at radius 1 is 1.35 bits per heavy atom. The van der Waals surface area contributed by atoms with Crippen LogP contribution in [0.25, 0.3) is 0 Å². The van der Waals surface area contributed by atoms with E-state index in [4.69, 9.17) is 4.74 Å². The summed E-state index contributed by atoms with van der Waals surface area (Å²) in [5, 5.41) is 13.3. The third-order valence-corrected chi connectivity index (χ3v) is 4.41. The highest BCUT2D eigenvalue weighted by Gasteiger charge is 2.43. The summed E-state index contributed by atoms with van der Waals surface area (Å²) in [7, 11) is 0. The van der Waals surface area contributed by atoms with Crippen LogP contribution in [0.4, 0.5) is 13.6 Å². The molecule has 1 aliphatic heterocycles. The van der Waals surface area contributed by atoms with Crippen molar-refractivity contribution in [1.82, 2.24) is 25.4 Å². The van der Waals surface area contributed by atoms with Crippen LogP contribution in [0, 0.1) is 5.92 Å². The zero-order valence-corrected chi connectivity index (χ0v) is 12.9. The Kier molecular flexibility index (Phi) is 4.74. The maximum Gasteiger partial charge on any atom is 0.315 e. The molecule has 1 saturated carbocycles. The van der Waals surface area contributed by atoms with Gasteiger partial charge in [0.25, 0.3) is 5.92 Å². The quantitative estimate of drug-likeness (QED) is 0.866. The zero-order chi connectivity index (χ0) is 16.3. The summed E-state index contributed by atoms with van der Waals surface area (Å²) >= 11 is 0. The summed E-state index contributed by atoms with van der Waals surface area (Å²) in [4.78, 5) is 11.8. The highest BCUT2D eigenvalue weighted by molar-refractivity contribution is 5.73. The number of fused-ring (bicyclic) bond motifs is 1. The van der Waals surface area contributed by atoms with Crippen molar-refractivity contribution >= 4 is 6.03 Å². The zero-order valence-electron chi connectivity index (χ0n) is 12.9.